The van der Waals surface area contributed by atoms with Gasteiger partial charge >= 0.3 is 0 Å². The normalized spacial score (nSPS) is 13.7. The van der Waals surface area contributed by atoms with Crippen LogP contribution in [0.4, 0.5) is 0 Å². The van der Waals surface area contributed by atoms with Crippen LogP contribution in [0.25, 0.3) is 0 Å². The van der Waals surface area contributed by atoms with Crippen LogP contribution in [-0.4, -0.2) is 34.6 Å². The van der Waals surface area contributed by atoms with Crippen LogP contribution in [0.15, 0.2) is 12.4 Å². The van der Waals surface area contributed by atoms with Crippen LogP contribution < -0.4 is 5.32 Å². The van der Waals surface area contributed by atoms with Crippen molar-refractivity contribution in [1.29, 1.82) is 0 Å². The van der Waals surface area contributed by atoms with Crippen LogP contribution in [0.1, 0.15) is 52.5 Å². The Kier molecular flexibility index (Phi) is 7.24. The monoisotopic (exact) mass is 281 g/mol. The van der Waals surface area contributed by atoms with E-state index in [4.69, 9.17) is 4.74 Å². The molecule has 1 heterocycles. The highest BCUT2D eigenvalue weighted by molar-refractivity contribution is 5.09. The molecule has 0 saturated carbocycles. The first-order valence-corrected chi connectivity index (χ1v) is 7.96. The quantitative estimate of drug-likeness (QED) is 0.716. The van der Waals surface area contributed by atoms with Gasteiger partial charge in [-0.05, 0) is 44.7 Å². The number of aromatic nitrogens is 2. The predicted molar refractivity (Wildman–Crippen MR) is 83.9 cm³/mol. The first-order valence-electron chi connectivity index (χ1n) is 7.96. The lowest BCUT2D eigenvalue weighted by atomic mass is 9.84. The van der Waals surface area contributed by atoms with Crippen LogP contribution in [0.2, 0.25) is 0 Å². The third kappa shape index (κ3) is 4.32. The van der Waals surface area contributed by atoms with Crippen LogP contribution in [0.5, 0.6) is 0 Å². The molecule has 0 aromatic carbocycles. The Morgan fingerprint density at radius 2 is 2.00 bits per heavy atom. The molecule has 1 N–H and O–H groups in total. The lowest BCUT2D eigenvalue weighted by Crippen LogP contribution is -2.53. The lowest BCUT2D eigenvalue weighted by Gasteiger charge is -2.40. The number of aryl methyl sites for hydroxylation is 1. The van der Waals surface area contributed by atoms with Crippen molar-refractivity contribution in [1.82, 2.24) is 15.1 Å². The van der Waals surface area contributed by atoms with Crippen molar-refractivity contribution in [3.8, 4) is 0 Å². The molecule has 4 nitrogen and oxygen atoms in total. The van der Waals surface area contributed by atoms with Crippen molar-refractivity contribution in [2.75, 3.05) is 13.2 Å². The second kappa shape index (κ2) is 8.42. The minimum atomic E-state index is -0.0836. The Balaban J connectivity index is 2.89. The maximum atomic E-state index is 6.18. The maximum absolute atomic E-state index is 6.18. The van der Waals surface area contributed by atoms with E-state index in [1.807, 2.05) is 17.9 Å². The van der Waals surface area contributed by atoms with Gasteiger partial charge in [-0.25, -0.2) is 0 Å². The summed E-state index contributed by atoms with van der Waals surface area (Å²) in [4.78, 5) is 0. The third-order valence-electron chi connectivity index (χ3n) is 4.10. The van der Waals surface area contributed by atoms with E-state index in [0.717, 1.165) is 38.8 Å². The van der Waals surface area contributed by atoms with Gasteiger partial charge in [-0.1, -0.05) is 20.8 Å². The molecular weight excluding hydrogens is 250 g/mol. The second-order valence-corrected chi connectivity index (χ2v) is 5.44. The van der Waals surface area contributed by atoms with Crippen LogP contribution >= 0.6 is 0 Å². The molecule has 20 heavy (non-hydrogen) atoms. The fourth-order valence-corrected chi connectivity index (χ4v) is 2.91. The molecule has 1 unspecified atom stereocenters. The van der Waals surface area contributed by atoms with Crippen LogP contribution in [-0.2, 0) is 18.2 Å². The van der Waals surface area contributed by atoms with Crippen LogP contribution in [0.3, 0.4) is 0 Å². The summed E-state index contributed by atoms with van der Waals surface area (Å²) in [7, 11) is 1.97. The number of rotatable bonds is 10. The number of nitrogens with one attached hydrogen (secondary N) is 1. The first kappa shape index (κ1) is 17.2. The summed E-state index contributed by atoms with van der Waals surface area (Å²) in [5.74, 6) is 0. The molecule has 0 aliphatic heterocycles. The highest BCUT2D eigenvalue weighted by atomic mass is 16.5. The highest BCUT2D eigenvalue weighted by Crippen LogP contribution is 2.27. The molecule has 0 saturated heterocycles. The summed E-state index contributed by atoms with van der Waals surface area (Å²) in [5, 5.41) is 7.97. The molecule has 4 heteroatoms. The van der Waals surface area contributed by atoms with Gasteiger partial charge in [0.25, 0.3) is 0 Å². The standard InChI is InChI=1S/C16H31N3O/c1-6-10-17-15(11-14-12-18-19(5)13-14)16(7-2,8-3)20-9-4/h12-13,15,17H,6-11H2,1-5H3. The molecule has 0 spiro atoms. The van der Waals surface area contributed by atoms with Gasteiger partial charge < -0.3 is 10.1 Å². The highest BCUT2D eigenvalue weighted by Gasteiger charge is 2.36. The summed E-state index contributed by atoms with van der Waals surface area (Å²) < 4.78 is 8.04. The van der Waals surface area contributed by atoms with E-state index in [1.54, 1.807) is 0 Å². The van der Waals surface area contributed by atoms with Crippen molar-refractivity contribution in [3.63, 3.8) is 0 Å². The van der Waals surface area contributed by atoms with E-state index in [1.165, 1.54) is 5.56 Å². The van der Waals surface area contributed by atoms with E-state index in [0.29, 0.717) is 6.04 Å². The summed E-state index contributed by atoms with van der Waals surface area (Å²) in [6.45, 7) is 10.5. The summed E-state index contributed by atoms with van der Waals surface area (Å²) in [6.07, 6.45) is 8.22. The Morgan fingerprint density at radius 3 is 2.45 bits per heavy atom. The van der Waals surface area contributed by atoms with Crippen molar-refractivity contribution in [2.45, 2.75) is 65.0 Å². The molecule has 116 valence electrons. The largest absolute Gasteiger partial charge is 0.374 e. The molecule has 0 radical (unpaired) electrons. The van der Waals surface area contributed by atoms with Gasteiger partial charge in [-0.15, -0.1) is 0 Å². The first-order chi connectivity index (χ1) is 9.61. The number of nitrogens with zero attached hydrogens (tertiary/aromatic N) is 2. The van der Waals surface area contributed by atoms with E-state index in [2.05, 4.69) is 44.3 Å². The zero-order valence-corrected chi connectivity index (χ0v) is 13.8. The Morgan fingerprint density at radius 1 is 1.30 bits per heavy atom. The van der Waals surface area contributed by atoms with Gasteiger partial charge in [-0.3, -0.25) is 4.68 Å². The smallest absolute Gasteiger partial charge is 0.0832 e. The number of hydrogen-bond acceptors (Lipinski definition) is 3. The van der Waals surface area contributed by atoms with Crippen molar-refractivity contribution in [2.24, 2.45) is 7.05 Å². The molecule has 1 atom stereocenters. The minimum Gasteiger partial charge on any atom is -0.374 e. The van der Waals surface area contributed by atoms with Gasteiger partial charge in [0.2, 0.25) is 0 Å². The number of hydrogen-bond donors (Lipinski definition) is 1. The topological polar surface area (TPSA) is 39.1 Å². The van der Waals surface area contributed by atoms with E-state index in [-0.39, 0.29) is 5.60 Å². The average molecular weight is 281 g/mol. The zero-order chi connectivity index (χ0) is 15.0. The molecule has 1 aromatic rings. The molecule has 0 aliphatic rings. The summed E-state index contributed by atoms with van der Waals surface area (Å²) in [5.41, 5.74) is 1.19. The van der Waals surface area contributed by atoms with E-state index < -0.39 is 0 Å². The van der Waals surface area contributed by atoms with E-state index >= 15 is 0 Å². The summed E-state index contributed by atoms with van der Waals surface area (Å²) in [6, 6.07) is 0.335. The zero-order valence-electron chi connectivity index (χ0n) is 13.8. The molecular formula is C16H31N3O. The van der Waals surface area contributed by atoms with Gasteiger partial charge in [0, 0.05) is 25.9 Å². The minimum absolute atomic E-state index is 0.0836. The fourth-order valence-electron chi connectivity index (χ4n) is 2.91. The fraction of sp³-hybridized carbons (Fsp3) is 0.812. The SMILES string of the molecule is CCCNC(Cc1cnn(C)c1)C(CC)(CC)OCC. The summed E-state index contributed by atoms with van der Waals surface area (Å²) >= 11 is 0. The van der Waals surface area contributed by atoms with Crippen LogP contribution in [0, 0.1) is 0 Å². The van der Waals surface area contributed by atoms with Crippen molar-refractivity contribution in [3.05, 3.63) is 18.0 Å². The van der Waals surface area contributed by atoms with Gasteiger partial charge in [0.1, 0.15) is 0 Å². The lowest BCUT2D eigenvalue weighted by molar-refractivity contribution is -0.0718. The van der Waals surface area contributed by atoms with E-state index in [9.17, 15) is 0 Å². The maximum Gasteiger partial charge on any atom is 0.0832 e. The second-order valence-electron chi connectivity index (χ2n) is 5.44. The Labute approximate surface area is 123 Å². The van der Waals surface area contributed by atoms with Crippen molar-refractivity contribution < 1.29 is 4.74 Å². The average Bonchev–Trinajstić information content (AvgIpc) is 2.86. The number of ether oxygens (including phenoxy) is 1. The molecule has 1 rings (SSSR count). The van der Waals surface area contributed by atoms with Crippen molar-refractivity contribution >= 4 is 0 Å². The third-order valence-corrected chi connectivity index (χ3v) is 4.10. The molecule has 0 bridgehead atoms. The molecule has 0 fully saturated rings. The van der Waals surface area contributed by atoms with Gasteiger partial charge in [0.05, 0.1) is 11.8 Å². The Hall–Kier alpha value is -0.870. The molecule has 1 aromatic heterocycles. The predicted octanol–water partition coefficient (Wildman–Crippen LogP) is 2.93. The Bertz CT molecular complexity index is 372. The van der Waals surface area contributed by atoms with Gasteiger partial charge in [0.15, 0.2) is 0 Å². The van der Waals surface area contributed by atoms with Gasteiger partial charge in [-0.2, -0.15) is 5.10 Å². The molecule has 0 aliphatic carbocycles. The molecule has 0 amide bonds.